The Bertz CT molecular complexity index is 803. The largest absolute Gasteiger partial charge is 0.493 e. The summed E-state index contributed by atoms with van der Waals surface area (Å²) in [6.07, 6.45) is 1.80. The fourth-order valence-electron chi connectivity index (χ4n) is 2.82. The van der Waals surface area contributed by atoms with Crippen LogP contribution >= 0.6 is 24.0 Å². The molecule has 0 spiro atoms. The predicted molar refractivity (Wildman–Crippen MR) is 101 cm³/mol. The Kier molecular flexibility index (Phi) is 6.00. The number of benzene rings is 1. The standard InChI is InChI=1S/C16H19FN4O2S2/c1-25-16(24)19-18-14-12-10-11(17)2-3-13(12)21(15(14)22)5-4-20-6-8-23-9-7-20/h2-3,10,22H,4-9H2,1H3. The number of rotatable bonds is 4. The van der Waals surface area contributed by atoms with Crippen molar-refractivity contribution in [2.75, 3.05) is 39.1 Å². The van der Waals surface area contributed by atoms with Gasteiger partial charge in [0, 0.05) is 31.6 Å². The minimum atomic E-state index is -0.387. The lowest BCUT2D eigenvalue weighted by Crippen LogP contribution is -2.38. The SMILES string of the molecule is CSC(=S)N=Nc1c(O)n(CCN2CCOCC2)c2ccc(F)cc12. The fourth-order valence-corrected chi connectivity index (χ4v) is 2.98. The van der Waals surface area contributed by atoms with E-state index in [1.54, 1.807) is 16.9 Å². The summed E-state index contributed by atoms with van der Waals surface area (Å²) in [6.45, 7) is 4.49. The van der Waals surface area contributed by atoms with Gasteiger partial charge in [-0.1, -0.05) is 11.8 Å². The van der Waals surface area contributed by atoms with Gasteiger partial charge in [-0.3, -0.25) is 4.90 Å². The number of halogens is 1. The zero-order valence-electron chi connectivity index (χ0n) is 13.8. The van der Waals surface area contributed by atoms with Gasteiger partial charge in [-0.2, -0.15) is 0 Å². The number of aromatic nitrogens is 1. The van der Waals surface area contributed by atoms with Crippen molar-refractivity contribution in [1.29, 1.82) is 0 Å². The van der Waals surface area contributed by atoms with Crippen LogP contribution in [0.2, 0.25) is 0 Å². The van der Waals surface area contributed by atoms with Crippen molar-refractivity contribution >= 4 is 44.9 Å². The van der Waals surface area contributed by atoms with Crippen molar-refractivity contribution in [2.45, 2.75) is 6.54 Å². The van der Waals surface area contributed by atoms with Crippen LogP contribution in [0.3, 0.4) is 0 Å². The Morgan fingerprint density at radius 3 is 2.84 bits per heavy atom. The average Bonchev–Trinajstić information content (AvgIpc) is 2.89. The summed E-state index contributed by atoms with van der Waals surface area (Å²) in [5, 5.41) is 19.1. The Balaban J connectivity index is 1.92. The summed E-state index contributed by atoms with van der Waals surface area (Å²) in [5.74, 6) is -0.414. The maximum absolute atomic E-state index is 13.7. The highest BCUT2D eigenvalue weighted by Gasteiger charge is 2.19. The number of aromatic hydroxyl groups is 1. The van der Waals surface area contributed by atoms with Crippen LogP contribution in [0.4, 0.5) is 10.1 Å². The molecular weight excluding hydrogens is 363 g/mol. The molecule has 1 fully saturated rings. The fraction of sp³-hybridized carbons (Fsp3) is 0.438. The first kappa shape index (κ1) is 18.2. The highest BCUT2D eigenvalue weighted by molar-refractivity contribution is 8.22. The summed E-state index contributed by atoms with van der Waals surface area (Å²) in [4.78, 5) is 2.27. The van der Waals surface area contributed by atoms with Crippen LogP contribution in [0.1, 0.15) is 0 Å². The number of azo groups is 1. The summed E-state index contributed by atoms with van der Waals surface area (Å²) < 4.78 is 21.1. The van der Waals surface area contributed by atoms with Crippen LogP contribution in [0.5, 0.6) is 5.88 Å². The van der Waals surface area contributed by atoms with Crippen molar-refractivity contribution in [3.63, 3.8) is 0 Å². The molecule has 2 aromatic rings. The van der Waals surface area contributed by atoms with E-state index in [2.05, 4.69) is 15.1 Å². The van der Waals surface area contributed by atoms with Crippen molar-refractivity contribution in [3.8, 4) is 5.88 Å². The third-order valence-electron chi connectivity index (χ3n) is 4.12. The molecule has 6 nitrogen and oxygen atoms in total. The second kappa shape index (κ2) is 8.22. The molecular formula is C16H19FN4O2S2. The maximum atomic E-state index is 13.7. The van der Waals surface area contributed by atoms with Crippen molar-refractivity contribution in [2.24, 2.45) is 10.2 Å². The number of ether oxygens (including phenoxy) is 1. The van der Waals surface area contributed by atoms with Gasteiger partial charge in [0.1, 0.15) is 5.82 Å². The van der Waals surface area contributed by atoms with Gasteiger partial charge >= 0.3 is 0 Å². The van der Waals surface area contributed by atoms with E-state index in [0.717, 1.165) is 38.4 Å². The number of nitrogens with zero attached hydrogens (tertiary/aromatic N) is 4. The highest BCUT2D eigenvalue weighted by atomic mass is 32.2. The zero-order valence-corrected chi connectivity index (χ0v) is 15.4. The van der Waals surface area contributed by atoms with Gasteiger partial charge in [0.2, 0.25) is 5.88 Å². The predicted octanol–water partition coefficient (Wildman–Crippen LogP) is 3.55. The molecule has 0 saturated carbocycles. The minimum absolute atomic E-state index is 0.0264. The monoisotopic (exact) mass is 382 g/mol. The third kappa shape index (κ3) is 4.17. The number of thioether (sulfide) groups is 1. The van der Waals surface area contributed by atoms with Crippen LogP contribution in [0, 0.1) is 5.82 Å². The molecule has 1 aliphatic heterocycles. The molecule has 0 unspecified atom stereocenters. The van der Waals surface area contributed by atoms with E-state index < -0.39 is 0 Å². The lowest BCUT2D eigenvalue weighted by molar-refractivity contribution is 0.0363. The third-order valence-corrected chi connectivity index (χ3v) is 5.13. The number of thiocarbonyl (C=S) groups is 1. The van der Waals surface area contributed by atoms with Crippen molar-refractivity contribution < 1.29 is 14.2 Å². The molecule has 0 amide bonds. The van der Waals surface area contributed by atoms with E-state index in [1.165, 1.54) is 23.9 Å². The zero-order chi connectivity index (χ0) is 17.8. The molecule has 25 heavy (non-hydrogen) atoms. The van der Waals surface area contributed by atoms with E-state index in [4.69, 9.17) is 17.0 Å². The molecule has 3 rings (SSSR count). The summed E-state index contributed by atoms with van der Waals surface area (Å²) in [7, 11) is 0. The van der Waals surface area contributed by atoms with E-state index in [9.17, 15) is 9.50 Å². The lowest BCUT2D eigenvalue weighted by atomic mass is 10.2. The van der Waals surface area contributed by atoms with Crippen LogP contribution in [0.15, 0.2) is 28.4 Å². The van der Waals surface area contributed by atoms with Crippen LogP contribution in [-0.2, 0) is 11.3 Å². The molecule has 9 heteroatoms. The van der Waals surface area contributed by atoms with E-state index >= 15 is 0 Å². The Morgan fingerprint density at radius 1 is 1.36 bits per heavy atom. The average molecular weight is 382 g/mol. The van der Waals surface area contributed by atoms with E-state index in [0.29, 0.717) is 16.3 Å². The topological polar surface area (TPSA) is 62.4 Å². The van der Waals surface area contributed by atoms with Crippen LogP contribution in [-0.4, -0.2) is 58.0 Å². The molecule has 2 heterocycles. The molecule has 0 bridgehead atoms. The van der Waals surface area contributed by atoms with Gasteiger partial charge in [-0.25, -0.2) is 4.39 Å². The van der Waals surface area contributed by atoms with Gasteiger partial charge in [-0.15, -0.1) is 10.2 Å². The number of morpholine rings is 1. The summed E-state index contributed by atoms with van der Waals surface area (Å²) in [6, 6.07) is 4.38. The molecule has 1 aliphatic rings. The first-order chi connectivity index (χ1) is 12.1. The lowest BCUT2D eigenvalue weighted by Gasteiger charge is -2.26. The van der Waals surface area contributed by atoms with E-state index in [-0.39, 0.29) is 17.4 Å². The summed E-state index contributed by atoms with van der Waals surface area (Å²) in [5.41, 5.74) is 0.962. The van der Waals surface area contributed by atoms with Crippen LogP contribution < -0.4 is 0 Å². The van der Waals surface area contributed by atoms with Crippen molar-refractivity contribution in [1.82, 2.24) is 9.47 Å². The number of hydrogen-bond acceptors (Lipinski definition) is 6. The molecule has 0 radical (unpaired) electrons. The Morgan fingerprint density at radius 2 is 2.12 bits per heavy atom. The molecule has 0 atom stereocenters. The number of fused-ring (bicyclic) bond motifs is 1. The van der Waals surface area contributed by atoms with E-state index in [1.807, 2.05) is 0 Å². The normalized spacial score (nSPS) is 16.1. The van der Waals surface area contributed by atoms with Gasteiger partial charge in [-0.05, 0) is 36.7 Å². The van der Waals surface area contributed by atoms with Gasteiger partial charge in [0.25, 0.3) is 0 Å². The van der Waals surface area contributed by atoms with Gasteiger partial charge < -0.3 is 14.4 Å². The molecule has 1 saturated heterocycles. The number of hydrogen-bond donors (Lipinski definition) is 1. The molecule has 1 aromatic carbocycles. The second-order valence-corrected chi connectivity index (χ2v) is 7.05. The highest BCUT2D eigenvalue weighted by Crippen LogP contribution is 2.39. The molecule has 134 valence electrons. The second-order valence-electron chi connectivity index (χ2n) is 5.61. The smallest absolute Gasteiger partial charge is 0.220 e. The van der Waals surface area contributed by atoms with Crippen molar-refractivity contribution in [3.05, 3.63) is 24.0 Å². The molecule has 1 aromatic heterocycles. The Labute approximate surface area is 154 Å². The van der Waals surface area contributed by atoms with Gasteiger partial charge in [0.05, 0.1) is 18.7 Å². The Hall–Kier alpha value is -1.55. The molecule has 0 aliphatic carbocycles. The van der Waals surface area contributed by atoms with Crippen LogP contribution in [0.25, 0.3) is 10.9 Å². The first-order valence-electron chi connectivity index (χ1n) is 7.90. The quantitative estimate of drug-likeness (QED) is 0.647. The minimum Gasteiger partial charge on any atom is -0.493 e. The summed E-state index contributed by atoms with van der Waals surface area (Å²) >= 11 is 6.30. The molecule has 1 N–H and O–H groups in total. The van der Waals surface area contributed by atoms with Gasteiger partial charge in [0.15, 0.2) is 10.0 Å². The first-order valence-corrected chi connectivity index (χ1v) is 9.54. The maximum Gasteiger partial charge on any atom is 0.220 e.